The zero-order valence-electron chi connectivity index (χ0n) is 17.2. The molecule has 1 N–H and O–H groups in total. The van der Waals surface area contributed by atoms with E-state index in [4.69, 9.17) is 21.1 Å². The molecule has 1 aliphatic heterocycles. The molecule has 0 radical (unpaired) electrons. The van der Waals surface area contributed by atoms with Crippen LogP contribution in [0.1, 0.15) is 5.56 Å². The zero-order chi connectivity index (χ0) is 22.8. The number of anilines is 2. The third-order valence-electron chi connectivity index (χ3n) is 4.90. The number of nitrogens with one attached hydrogen (secondary N) is 1. The van der Waals surface area contributed by atoms with Crippen molar-refractivity contribution in [2.24, 2.45) is 0 Å². The number of hydrogen-bond donors (Lipinski definition) is 1. The van der Waals surface area contributed by atoms with Crippen LogP contribution >= 0.6 is 11.6 Å². The second-order valence-corrected chi connectivity index (χ2v) is 7.35. The summed E-state index contributed by atoms with van der Waals surface area (Å²) < 4.78 is 24.4. The molecule has 0 bridgehead atoms. The van der Waals surface area contributed by atoms with Gasteiger partial charge < -0.3 is 14.8 Å². The monoisotopic (exact) mass is 452 g/mol. The average Bonchev–Trinajstić information content (AvgIpc) is 3.03. The molecule has 2 amide bonds. The van der Waals surface area contributed by atoms with Gasteiger partial charge in [0.25, 0.3) is 11.8 Å². The first-order valence-electron chi connectivity index (χ1n) is 9.56. The van der Waals surface area contributed by atoms with Crippen molar-refractivity contribution in [1.29, 1.82) is 0 Å². The maximum Gasteiger partial charge on any atom is 0.282 e. The molecule has 0 saturated heterocycles. The highest BCUT2D eigenvalue weighted by atomic mass is 35.5. The second kappa shape index (κ2) is 8.72. The molecule has 0 saturated carbocycles. The third kappa shape index (κ3) is 4.02. The molecule has 1 heterocycles. The van der Waals surface area contributed by atoms with Crippen molar-refractivity contribution in [2.75, 3.05) is 24.4 Å². The molecule has 3 aromatic rings. The van der Waals surface area contributed by atoms with Crippen LogP contribution in [0.3, 0.4) is 0 Å². The molecule has 162 valence electrons. The normalized spacial score (nSPS) is 13.6. The molecule has 0 aromatic heterocycles. The fraction of sp³-hybridized carbons (Fsp3) is 0.0833. The van der Waals surface area contributed by atoms with Crippen molar-refractivity contribution in [1.82, 2.24) is 0 Å². The van der Waals surface area contributed by atoms with E-state index in [9.17, 15) is 14.0 Å². The van der Waals surface area contributed by atoms with Crippen molar-refractivity contribution in [3.8, 4) is 11.5 Å². The number of benzene rings is 3. The van der Waals surface area contributed by atoms with Gasteiger partial charge in [0.2, 0.25) is 0 Å². The van der Waals surface area contributed by atoms with Crippen LogP contribution in [0.15, 0.2) is 72.4 Å². The minimum Gasteiger partial charge on any atom is -0.497 e. The highest BCUT2D eigenvalue weighted by Gasteiger charge is 2.40. The molecular formula is C24H18ClFN2O4. The Bertz CT molecular complexity index is 1220. The maximum atomic E-state index is 13.8. The Morgan fingerprint density at radius 3 is 2.12 bits per heavy atom. The van der Waals surface area contributed by atoms with E-state index in [1.165, 1.54) is 32.4 Å². The van der Waals surface area contributed by atoms with E-state index in [-0.39, 0.29) is 17.0 Å². The predicted molar refractivity (Wildman–Crippen MR) is 120 cm³/mol. The highest BCUT2D eigenvalue weighted by Crippen LogP contribution is 2.35. The van der Waals surface area contributed by atoms with E-state index in [2.05, 4.69) is 5.32 Å². The first kappa shape index (κ1) is 21.4. The van der Waals surface area contributed by atoms with E-state index < -0.39 is 17.6 Å². The quantitative estimate of drug-likeness (QED) is 0.539. The van der Waals surface area contributed by atoms with Crippen LogP contribution in [0.4, 0.5) is 15.8 Å². The van der Waals surface area contributed by atoms with E-state index in [1.807, 2.05) is 0 Å². The van der Waals surface area contributed by atoms with Crippen molar-refractivity contribution in [2.45, 2.75) is 0 Å². The highest BCUT2D eigenvalue weighted by molar-refractivity contribution is 6.46. The summed E-state index contributed by atoms with van der Waals surface area (Å²) in [5, 5.41) is 3.52. The number of halogens is 2. The second-order valence-electron chi connectivity index (χ2n) is 6.91. The summed E-state index contributed by atoms with van der Waals surface area (Å²) in [7, 11) is 3.01. The van der Waals surface area contributed by atoms with Crippen molar-refractivity contribution < 1.29 is 23.5 Å². The molecule has 0 atom stereocenters. The molecule has 6 nitrogen and oxygen atoms in total. The lowest BCUT2D eigenvalue weighted by Crippen LogP contribution is -2.32. The van der Waals surface area contributed by atoms with Crippen LogP contribution < -0.4 is 19.7 Å². The molecular weight excluding hydrogens is 435 g/mol. The Balaban J connectivity index is 1.83. The Labute approximate surface area is 188 Å². The number of amides is 2. The zero-order valence-corrected chi connectivity index (χ0v) is 17.9. The van der Waals surface area contributed by atoms with Gasteiger partial charge >= 0.3 is 0 Å². The number of ether oxygens (including phenoxy) is 2. The lowest BCUT2D eigenvalue weighted by atomic mass is 10.0. The van der Waals surface area contributed by atoms with Crippen molar-refractivity contribution in [3.05, 3.63) is 88.8 Å². The van der Waals surface area contributed by atoms with Gasteiger partial charge in [0, 0.05) is 28.9 Å². The minimum absolute atomic E-state index is 0.0388. The number of imide groups is 1. The van der Waals surface area contributed by atoms with Crippen LogP contribution in [0.25, 0.3) is 5.57 Å². The van der Waals surface area contributed by atoms with Crippen molar-refractivity contribution >= 4 is 40.4 Å². The van der Waals surface area contributed by atoms with E-state index in [0.717, 1.165) is 11.0 Å². The summed E-state index contributed by atoms with van der Waals surface area (Å²) in [6, 6.07) is 16.8. The summed E-state index contributed by atoms with van der Waals surface area (Å²) in [6.45, 7) is 0. The van der Waals surface area contributed by atoms with Gasteiger partial charge in [0.05, 0.1) is 25.5 Å². The standard InChI is InChI=1S/C24H18ClFN2O4/c1-31-19-11-17(12-20(13-19)32-2)27-22-21(14-6-8-15(25)9-7-14)23(29)28(24(22)30)18-5-3-4-16(26)10-18/h3-13,27H,1-2H3. The number of methoxy groups -OCH3 is 2. The van der Waals surface area contributed by atoms with Gasteiger partial charge in [0.1, 0.15) is 23.0 Å². The third-order valence-corrected chi connectivity index (χ3v) is 5.16. The number of rotatable bonds is 6. The van der Waals surface area contributed by atoms with Crippen LogP contribution in [0.5, 0.6) is 11.5 Å². The first-order chi connectivity index (χ1) is 15.4. The lowest BCUT2D eigenvalue weighted by molar-refractivity contribution is -0.120. The van der Waals surface area contributed by atoms with Gasteiger partial charge in [0.15, 0.2) is 0 Å². The topological polar surface area (TPSA) is 67.9 Å². The SMILES string of the molecule is COc1cc(NC2=C(c3ccc(Cl)cc3)C(=O)N(c3cccc(F)c3)C2=O)cc(OC)c1. The first-order valence-corrected chi connectivity index (χ1v) is 9.93. The van der Waals surface area contributed by atoms with Gasteiger partial charge in [-0.05, 0) is 35.9 Å². The minimum atomic E-state index is -0.618. The Kier molecular flexibility index (Phi) is 5.83. The molecule has 0 spiro atoms. The Morgan fingerprint density at radius 1 is 0.875 bits per heavy atom. The molecule has 8 heteroatoms. The Hall–Kier alpha value is -3.84. The van der Waals surface area contributed by atoms with Gasteiger partial charge in [-0.1, -0.05) is 29.8 Å². The van der Waals surface area contributed by atoms with Gasteiger partial charge in [-0.3, -0.25) is 9.59 Å². The molecule has 0 fully saturated rings. The summed E-state index contributed by atoms with van der Waals surface area (Å²) in [5.74, 6) is -0.763. The van der Waals surface area contributed by atoms with Gasteiger partial charge in [-0.15, -0.1) is 0 Å². The maximum absolute atomic E-state index is 13.8. The summed E-state index contributed by atoms with van der Waals surface area (Å²) in [4.78, 5) is 27.7. The smallest absolute Gasteiger partial charge is 0.282 e. The Morgan fingerprint density at radius 2 is 1.53 bits per heavy atom. The lowest BCUT2D eigenvalue weighted by Gasteiger charge is -2.15. The molecule has 0 unspecified atom stereocenters. The predicted octanol–water partition coefficient (Wildman–Crippen LogP) is 4.89. The molecule has 3 aromatic carbocycles. The number of hydrogen-bond acceptors (Lipinski definition) is 5. The number of carbonyl (C=O) groups is 2. The fourth-order valence-corrected chi connectivity index (χ4v) is 3.53. The fourth-order valence-electron chi connectivity index (χ4n) is 3.40. The van der Waals surface area contributed by atoms with Crippen molar-refractivity contribution in [3.63, 3.8) is 0 Å². The van der Waals surface area contributed by atoms with Gasteiger partial charge in [-0.25, -0.2) is 9.29 Å². The number of carbonyl (C=O) groups excluding carboxylic acids is 2. The van der Waals surface area contributed by atoms with Crippen LogP contribution in [-0.2, 0) is 9.59 Å². The van der Waals surface area contributed by atoms with E-state index in [1.54, 1.807) is 42.5 Å². The number of nitrogens with zero attached hydrogens (tertiary/aromatic N) is 1. The average molecular weight is 453 g/mol. The van der Waals surface area contributed by atoms with Crippen LogP contribution in [-0.4, -0.2) is 26.0 Å². The molecule has 32 heavy (non-hydrogen) atoms. The summed E-state index contributed by atoms with van der Waals surface area (Å²) in [5.41, 5.74) is 1.27. The largest absolute Gasteiger partial charge is 0.497 e. The van der Waals surface area contributed by atoms with Crippen LogP contribution in [0, 0.1) is 5.82 Å². The molecule has 0 aliphatic carbocycles. The van der Waals surface area contributed by atoms with Gasteiger partial charge in [-0.2, -0.15) is 0 Å². The molecule has 1 aliphatic rings. The summed E-state index contributed by atoms with van der Waals surface area (Å²) >= 11 is 5.99. The van der Waals surface area contributed by atoms with E-state index >= 15 is 0 Å². The summed E-state index contributed by atoms with van der Waals surface area (Å²) in [6.07, 6.45) is 0. The molecule has 4 rings (SSSR count). The van der Waals surface area contributed by atoms with E-state index in [0.29, 0.717) is 27.8 Å². The van der Waals surface area contributed by atoms with Crippen LogP contribution in [0.2, 0.25) is 5.02 Å².